The van der Waals surface area contributed by atoms with E-state index >= 15 is 0 Å². The van der Waals surface area contributed by atoms with Crippen molar-refractivity contribution in [2.45, 2.75) is 43.8 Å². The highest BCUT2D eigenvalue weighted by Crippen LogP contribution is 2.06. The lowest BCUT2D eigenvalue weighted by Crippen LogP contribution is -2.56. The number of carboxylic acids is 2. The summed E-state index contributed by atoms with van der Waals surface area (Å²) in [4.78, 5) is 58.9. The predicted octanol–water partition coefficient (Wildman–Crippen LogP) is -1.14. The summed E-state index contributed by atoms with van der Waals surface area (Å²) >= 11 is 2.92. The average Bonchev–Trinajstić information content (AvgIpc) is 2.70. The number of thioether (sulfide) groups is 2. The number of amides is 3. The van der Waals surface area contributed by atoms with Crippen molar-refractivity contribution in [1.29, 1.82) is 0 Å². The second-order valence-corrected chi connectivity index (χ2v) is 8.25. The van der Waals surface area contributed by atoms with Crippen LogP contribution in [0.25, 0.3) is 0 Å². The van der Waals surface area contributed by atoms with Crippen LogP contribution in [0.3, 0.4) is 0 Å². The maximum Gasteiger partial charge on any atom is 0.326 e. The SMILES string of the molecule is CSCCC(NC(=O)CN)C(=O)NC(CCSC)C(=O)NC(CCC(=O)O)C(=O)O. The van der Waals surface area contributed by atoms with Crippen LogP contribution in [0.5, 0.6) is 0 Å². The van der Waals surface area contributed by atoms with Crippen LogP contribution in [-0.4, -0.2) is 88.6 Å². The third kappa shape index (κ3) is 11.9. The largest absolute Gasteiger partial charge is 0.481 e. The van der Waals surface area contributed by atoms with Gasteiger partial charge in [0.1, 0.15) is 18.1 Å². The van der Waals surface area contributed by atoms with Crippen molar-refractivity contribution in [2.75, 3.05) is 30.6 Å². The summed E-state index contributed by atoms with van der Waals surface area (Å²) in [5.41, 5.74) is 5.28. The molecule has 0 saturated carbocycles. The van der Waals surface area contributed by atoms with E-state index in [1.807, 2.05) is 12.5 Å². The smallest absolute Gasteiger partial charge is 0.326 e. The van der Waals surface area contributed by atoms with E-state index in [0.29, 0.717) is 17.9 Å². The topological polar surface area (TPSA) is 188 Å². The van der Waals surface area contributed by atoms with E-state index in [1.54, 1.807) is 0 Å². The normalized spacial score (nSPS) is 13.6. The third-order valence-corrected chi connectivity index (χ3v) is 5.24. The van der Waals surface area contributed by atoms with Crippen molar-refractivity contribution in [2.24, 2.45) is 5.73 Å². The van der Waals surface area contributed by atoms with Crippen molar-refractivity contribution in [1.82, 2.24) is 16.0 Å². The fourth-order valence-corrected chi connectivity index (χ4v) is 3.27. The number of carbonyl (C=O) groups is 5. The summed E-state index contributed by atoms with van der Waals surface area (Å²) in [5.74, 6) is -3.28. The Morgan fingerprint density at radius 1 is 0.800 bits per heavy atom. The molecule has 3 amide bonds. The second kappa shape index (κ2) is 15.8. The van der Waals surface area contributed by atoms with Crippen LogP contribution in [0.4, 0.5) is 0 Å². The van der Waals surface area contributed by atoms with Gasteiger partial charge in [-0.3, -0.25) is 19.2 Å². The Hall–Kier alpha value is -1.99. The van der Waals surface area contributed by atoms with E-state index in [2.05, 4.69) is 16.0 Å². The Kier molecular flexibility index (Phi) is 14.7. The van der Waals surface area contributed by atoms with Crippen LogP contribution in [0.15, 0.2) is 0 Å². The molecule has 3 atom stereocenters. The lowest BCUT2D eigenvalue weighted by Gasteiger charge is -2.24. The van der Waals surface area contributed by atoms with Crippen LogP contribution in [-0.2, 0) is 24.0 Å². The lowest BCUT2D eigenvalue weighted by atomic mass is 10.1. The molecule has 0 spiro atoms. The van der Waals surface area contributed by atoms with Gasteiger partial charge >= 0.3 is 11.9 Å². The third-order valence-electron chi connectivity index (χ3n) is 3.95. The van der Waals surface area contributed by atoms with Crippen LogP contribution in [0, 0.1) is 0 Å². The molecule has 3 unspecified atom stereocenters. The number of carbonyl (C=O) groups excluding carboxylic acids is 3. The van der Waals surface area contributed by atoms with E-state index in [-0.39, 0.29) is 19.4 Å². The molecular weight excluding hydrogens is 436 g/mol. The van der Waals surface area contributed by atoms with Crippen LogP contribution in [0.1, 0.15) is 25.7 Å². The zero-order chi connectivity index (χ0) is 23.1. The molecular formula is C17H30N4O7S2. The van der Waals surface area contributed by atoms with Gasteiger partial charge in [0.2, 0.25) is 17.7 Å². The summed E-state index contributed by atoms with van der Waals surface area (Å²) in [6.45, 7) is -0.288. The van der Waals surface area contributed by atoms with Gasteiger partial charge in [-0.2, -0.15) is 23.5 Å². The first-order valence-corrected chi connectivity index (χ1v) is 12.0. The molecule has 0 aliphatic rings. The van der Waals surface area contributed by atoms with Crippen molar-refractivity contribution in [3.63, 3.8) is 0 Å². The Balaban J connectivity index is 5.25. The number of nitrogens with two attached hydrogens (primary N) is 1. The Bertz CT molecular complexity index is 607. The first-order chi connectivity index (χ1) is 14.2. The van der Waals surface area contributed by atoms with Gasteiger partial charge in [0.05, 0.1) is 6.54 Å². The molecule has 0 aromatic carbocycles. The highest BCUT2D eigenvalue weighted by atomic mass is 32.2. The van der Waals surface area contributed by atoms with Gasteiger partial charge in [0.15, 0.2) is 0 Å². The fourth-order valence-electron chi connectivity index (χ4n) is 2.33. The molecule has 0 radical (unpaired) electrons. The van der Waals surface area contributed by atoms with Crippen LogP contribution >= 0.6 is 23.5 Å². The number of hydrogen-bond donors (Lipinski definition) is 6. The molecule has 0 aromatic heterocycles. The minimum atomic E-state index is -1.40. The van der Waals surface area contributed by atoms with E-state index in [9.17, 15) is 29.1 Å². The zero-order valence-electron chi connectivity index (χ0n) is 17.0. The second-order valence-electron chi connectivity index (χ2n) is 6.28. The molecule has 30 heavy (non-hydrogen) atoms. The van der Waals surface area contributed by atoms with Gasteiger partial charge in [0, 0.05) is 6.42 Å². The van der Waals surface area contributed by atoms with Gasteiger partial charge in [-0.25, -0.2) is 4.79 Å². The molecule has 11 nitrogen and oxygen atoms in total. The van der Waals surface area contributed by atoms with Crippen LogP contribution < -0.4 is 21.7 Å². The van der Waals surface area contributed by atoms with Gasteiger partial charge in [-0.05, 0) is 43.3 Å². The van der Waals surface area contributed by atoms with Crippen molar-refractivity contribution in [3.05, 3.63) is 0 Å². The molecule has 0 aromatic rings. The average molecular weight is 467 g/mol. The molecule has 0 rings (SSSR count). The van der Waals surface area contributed by atoms with Gasteiger partial charge in [0.25, 0.3) is 0 Å². The first-order valence-electron chi connectivity index (χ1n) is 9.18. The molecule has 0 saturated heterocycles. The van der Waals surface area contributed by atoms with E-state index in [4.69, 9.17) is 10.8 Å². The van der Waals surface area contributed by atoms with Crippen molar-refractivity contribution >= 4 is 53.2 Å². The van der Waals surface area contributed by atoms with Crippen molar-refractivity contribution in [3.8, 4) is 0 Å². The summed E-state index contributed by atoms with van der Waals surface area (Å²) in [7, 11) is 0. The Morgan fingerprint density at radius 3 is 1.67 bits per heavy atom. The molecule has 0 fully saturated rings. The molecule has 172 valence electrons. The molecule has 13 heteroatoms. The predicted molar refractivity (Wildman–Crippen MR) is 115 cm³/mol. The van der Waals surface area contributed by atoms with E-state index in [1.165, 1.54) is 23.5 Å². The van der Waals surface area contributed by atoms with Gasteiger partial charge in [-0.15, -0.1) is 0 Å². The first kappa shape index (κ1) is 28.0. The number of aliphatic carboxylic acids is 2. The summed E-state index contributed by atoms with van der Waals surface area (Å²) < 4.78 is 0. The van der Waals surface area contributed by atoms with Crippen molar-refractivity contribution < 1.29 is 34.2 Å². The number of carboxylic acid groups (broad SMARTS) is 2. The summed E-state index contributed by atoms with van der Waals surface area (Å²) in [6.07, 6.45) is 3.49. The molecule has 0 aliphatic heterocycles. The standard InChI is InChI=1S/C17H30N4O7S2/c1-29-7-5-10(19-13(22)9-18)15(25)20-11(6-8-30-2)16(26)21-12(17(27)28)3-4-14(23)24/h10-12H,3-9,18H2,1-2H3,(H,19,22)(H,20,25)(H,21,26)(H,23,24)(H,27,28). The monoisotopic (exact) mass is 466 g/mol. The highest BCUT2D eigenvalue weighted by molar-refractivity contribution is 7.98. The highest BCUT2D eigenvalue weighted by Gasteiger charge is 2.29. The minimum Gasteiger partial charge on any atom is -0.481 e. The van der Waals surface area contributed by atoms with Gasteiger partial charge in [-0.1, -0.05) is 0 Å². The fraction of sp³-hybridized carbons (Fsp3) is 0.706. The Labute approximate surface area is 183 Å². The number of rotatable bonds is 16. The maximum absolute atomic E-state index is 12.7. The number of nitrogens with one attached hydrogen (secondary N) is 3. The number of hydrogen-bond acceptors (Lipinski definition) is 8. The van der Waals surface area contributed by atoms with E-state index < -0.39 is 54.2 Å². The summed E-state index contributed by atoms with van der Waals surface area (Å²) in [6, 6.07) is -3.32. The van der Waals surface area contributed by atoms with Crippen LogP contribution in [0.2, 0.25) is 0 Å². The lowest BCUT2D eigenvalue weighted by molar-refractivity contribution is -0.143. The van der Waals surface area contributed by atoms with E-state index in [0.717, 1.165) is 0 Å². The molecule has 0 bridgehead atoms. The molecule has 0 aliphatic carbocycles. The maximum atomic E-state index is 12.7. The zero-order valence-corrected chi connectivity index (χ0v) is 18.6. The van der Waals surface area contributed by atoms with Gasteiger partial charge < -0.3 is 31.9 Å². The minimum absolute atomic E-state index is 0.226. The quantitative estimate of drug-likeness (QED) is 0.162. The Morgan fingerprint density at radius 2 is 1.27 bits per heavy atom. The molecule has 7 N–H and O–H groups in total. The summed E-state index contributed by atoms with van der Waals surface area (Å²) in [5, 5.41) is 25.3. The molecule has 0 heterocycles.